The van der Waals surface area contributed by atoms with Gasteiger partial charge in [-0.05, 0) is 18.9 Å². The van der Waals surface area contributed by atoms with E-state index in [1.807, 2.05) is 26.4 Å². The summed E-state index contributed by atoms with van der Waals surface area (Å²) in [6.45, 7) is 5.61. The molecule has 1 unspecified atom stereocenters. The first-order chi connectivity index (χ1) is 9.20. The minimum Gasteiger partial charge on any atom is -0.465 e. The summed E-state index contributed by atoms with van der Waals surface area (Å²) in [7, 11) is 1.91. The van der Waals surface area contributed by atoms with Crippen LogP contribution >= 0.6 is 0 Å². The lowest BCUT2D eigenvalue weighted by Crippen LogP contribution is -2.55. The third kappa shape index (κ3) is 3.78. The predicted molar refractivity (Wildman–Crippen MR) is 71.8 cm³/mol. The lowest BCUT2D eigenvalue weighted by atomic mass is 10.1. The fourth-order valence-electron chi connectivity index (χ4n) is 2.36. The van der Waals surface area contributed by atoms with Gasteiger partial charge in [-0.15, -0.1) is 0 Å². The summed E-state index contributed by atoms with van der Waals surface area (Å²) in [5.41, 5.74) is 1.20. The van der Waals surface area contributed by atoms with E-state index in [0.29, 0.717) is 13.2 Å². The summed E-state index contributed by atoms with van der Waals surface area (Å²) in [5.74, 6) is -0.124. The van der Waals surface area contributed by atoms with E-state index < -0.39 is 0 Å². The van der Waals surface area contributed by atoms with Crippen molar-refractivity contribution >= 4 is 5.97 Å². The van der Waals surface area contributed by atoms with Gasteiger partial charge in [-0.3, -0.25) is 14.4 Å². The minimum atomic E-state index is -0.162. The number of piperazine rings is 1. The number of rotatable bonds is 5. The van der Waals surface area contributed by atoms with Crippen molar-refractivity contribution in [3.63, 3.8) is 0 Å². The molecule has 1 aromatic heterocycles. The second-order valence-electron chi connectivity index (χ2n) is 4.78. The summed E-state index contributed by atoms with van der Waals surface area (Å²) in [6.07, 6.45) is 4.80. The zero-order valence-corrected chi connectivity index (χ0v) is 11.6. The monoisotopic (exact) mass is 266 g/mol. The molecule has 0 bridgehead atoms. The second kappa shape index (κ2) is 6.68. The van der Waals surface area contributed by atoms with Gasteiger partial charge in [0.05, 0.1) is 12.8 Å². The summed E-state index contributed by atoms with van der Waals surface area (Å²) >= 11 is 0. The van der Waals surface area contributed by atoms with E-state index in [9.17, 15) is 4.79 Å². The molecular formula is C13H22N4O2. The van der Waals surface area contributed by atoms with Gasteiger partial charge in [0.1, 0.15) is 6.04 Å². The summed E-state index contributed by atoms with van der Waals surface area (Å²) in [6, 6.07) is -0.162. The van der Waals surface area contributed by atoms with Crippen LogP contribution in [0.15, 0.2) is 12.4 Å². The van der Waals surface area contributed by atoms with Crippen LogP contribution in [0.2, 0.25) is 0 Å². The predicted octanol–water partition coefficient (Wildman–Crippen LogP) is -0.200. The Kier molecular flexibility index (Phi) is 4.93. The van der Waals surface area contributed by atoms with E-state index in [1.165, 1.54) is 5.56 Å². The lowest BCUT2D eigenvalue weighted by molar-refractivity contribution is -0.150. The Bertz CT molecular complexity index is 419. The average Bonchev–Trinajstić information content (AvgIpc) is 2.83. The Hall–Kier alpha value is -1.40. The molecule has 0 radical (unpaired) electrons. The summed E-state index contributed by atoms with van der Waals surface area (Å²) in [5, 5.41) is 7.41. The minimum absolute atomic E-state index is 0.124. The van der Waals surface area contributed by atoms with Gasteiger partial charge in [0.2, 0.25) is 0 Å². The van der Waals surface area contributed by atoms with E-state index >= 15 is 0 Å². The van der Waals surface area contributed by atoms with Crippen LogP contribution < -0.4 is 5.32 Å². The number of hydrogen-bond acceptors (Lipinski definition) is 5. The van der Waals surface area contributed by atoms with Gasteiger partial charge < -0.3 is 10.1 Å². The van der Waals surface area contributed by atoms with Gasteiger partial charge in [0.15, 0.2) is 0 Å². The van der Waals surface area contributed by atoms with Crippen LogP contribution in [-0.2, 0) is 23.0 Å². The van der Waals surface area contributed by atoms with Crippen LogP contribution in [0.5, 0.6) is 0 Å². The molecule has 19 heavy (non-hydrogen) atoms. The molecular weight excluding hydrogens is 244 g/mol. The molecule has 1 atom stereocenters. The first kappa shape index (κ1) is 14.0. The molecule has 1 saturated heterocycles. The van der Waals surface area contributed by atoms with Crippen LogP contribution in [0, 0.1) is 0 Å². The van der Waals surface area contributed by atoms with E-state index in [2.05, 4.69) is 15.3 Å². The number of esters is 1. The Morgan fingerprint density at radius 3 is 3.16 bits per heavy atom. The summed E-state index contributed by atoms with van der Waals surface area (Å²) < 4.78 is 6.93. The Labute approximate surface area is 113 Å². The molecule has 1 aliphatic heterocycles. The number of nitrogens with one attached hydrogen (secondary N) is 1. The highest BCUT2D eigenvalue weighted by Crippen LogP contribution is 2.08. The quantitative estimate of drug-likeness (QED) is 0.748. The van der Waals surface area contributed by atoms with E-state index in [-0.39, 0.29) is 12.0 Å². The number of carbonyl (C=O) groups excluding carboxylic acids is 1. The largest absolute Gasteiger partial charge is 0.465 e. The summed E-state index contributed by atoms with van der Waals surface area (Å²) in [4.78, 5) is 14.1. The highest BCUT2D eigenvalue weighted by Gasteiger charge is 2.29. The smallest absolute Gasteiger partial charge is 0.324 e. The topological polar surface area (TPSA) is 59.4 Å². The van der Waals surface area contributed by atoms with Crippen molar-refractivity contribution in [2.75, 3.05) is 32.8 Å². The molecule has 1 aliphatic rings. The highest BCUT2D eigenvalue weighted by atomic mass is 16.5. The van der Waals surface area contributed by atoms with E-state index in [1.54, 1.807) is 4.68 Å². The highest BCUT2D eigenvalue weighted by molar-refractivity contribution is 5.76. The van der Waals surface area contributed by atoms with Crippen LogP contribution in [0.25, 0.3) is 0 Å². The lowest BCUT2D eigenvalue weighted by Gasteiger charge is -2.34. The van der Waals surface area contributed by atoms with Crippen molar-refractivity contribution in [3.8, 4) is 0 Å². The zero-order valence-electron chi connectivity index (χ0n) is 11.6. The second-order valence-corrected chi connectivity index (χ2v) is 4.78. The van der Waals surface area contributed by atoms with Crippen molar-refractivity contribution in [1.82, 2.24) is 20.0 Å². The van der Waals surface area contributed by atoms with Crippen molar-refractivity contribution in [2.24, 2.45) is 7.05 Å². The number of aryl methyl sites for hydroxylation is 1. The van der Waals surface area contributed by atoms with Crippen molar-refractivity contribution in [2.45, 2.75) is 19.4 Å². The van der Waals surface area contributed by atoms with Crippen LogP contribution in [0.3, 0.4) is 0 Å². The normalized spacial score (nSPS) is 20.4. The number of carbonyl (C=O) groups is 1. The van der Waals surface area contributed by atoms with E-state index in [4.69, 9.17) is 4.74 Å². The number of aromatic nitrogens is 2. The molecule has 106 valence electrons. The molecule has 1 aromatic rings. The Balaban J connectivity index is 1.90. The first-order valence-electron chi connectivity index (χ1n) is 6.79. The third-order valence-corrected chi connectivity index (χ3v) is 3.36. The number of hydrogen-bond donors (Lipinski definition) is 1. The first-order valence-corrected chi connectivity index (χ1v) is 6.79. The zero-order chi connectivity index (χ0) is 13.7. The maximum absolute atomic E-state index is 11.9. The third-order valence-electron chi connectivity index (χ3n) is 3.36. The fraction of sp³-hybridized carbons (Fsp3) is 0.692. The molecule has 1 N–H and O–H groups in total. The Morgan fingerprint density at radius 1 is 1.63 bits per heavy atom. The maximum atomic E-state index is 11.9. The molecule has 0 saturated carbocycles. The van der Waals surface area contributed by atoms with Gasteiger partial charge in [-0.25, -0.2) is 0 Å². The van der Waals surface area contributed by atoms with Crippen LogP contribution in [0.1, 0.15) is 12.5 Å². The SMILES string of the molecule is CCOC(=O)C1CNCCN1CCc1cnn(C)c1. The van der Waals surface area contributed by atoms with Gasteiger partial charge in [0, 0.05) is 39.4 Å². The molecule has 1 fully saturated rings. The van der Waals surface area contributed by atoms with Gasteiger partial charge in [-0.1, -0.05) is 0 Å². The number of ether oxygens (including phenoxy) is 1. The number of nitrogens with zero attached hydrogens (tertiary/aromatic N) is 3. The molecule has 2 rings (SSSR count). The molecule has 6 nitrogen and oxygen atoms in total. The standard InChI is InChI=1S/C13H22N4O2/c1-3-19-13(18)12-9-14-5-7-17(12)6-4-11-8-15-16(2)10-11/h8,10,12,14H,3-7,9H2,1-2H3. The molecule has 0 amide bonds. The van der Waals surface area contributed by atoms with Gasteiger partial charge in [-0.2, -0.15) is 5.10 Å². The molecule has 0 aliphatic carbocycles. The van der Waals surface area contributed by atoms with Gasteiger partial charge >= 0.3 is 5.97 Å². The van der Waals surface area contributed by atoms with Crippen molar-refractivity contribution in [1.29, 1.82) is 0 Å². The van der Waals surface area contributed by atoms with E-state index in [0.717, 1.165) is 26.1 Å². The van der Waals surface area contributed by atoms with Crippen LogP contribution in [0.4, 0.5) is 0 Å². The molecule has 0 spiro atoms. The molecule has 2 heterocycles. The molecule has 6 heteroatoms. The fourth-order valence-corrected chi connectivity index (χ4v) is 2.36. The van der Waals surface area contributed by atoms with Crippen molar-refractivity contribution < 1.29 is 9.53 Å². The van der Waals surface area contributed by atoms with Crippen LogP contribution in [-0.4, -0.2) is 59.5 Å². The average molecular weight is 266 g/mol. The molecule has 0 aromatic carbocycles. The maximum Gasteiger partial charge on any atom is 0.324 e. The van der Waals surface area contributed by atoms with Gasteiger partial charge in [0.25, 0.3) is 0 Å². The Morgan fingerprint density at radius 2 is 2.47 bits per heavy atom. The van der Waals surface area contributed by atoms with Crippen molar-refractivity contribution in [3.05, 3.63) is 18.0 Å².